The lowest BCUT2D eigenvalue weighted by Gasteiger charge is -2.29. The van der Waals surface area contributed by atoms with E-state index in [0.717, 1.165) is 42.6 Å². The van der Waals surface area contributed by atoms with Crippen molar-refractivity contribution in [2.24, 2.45) is 0 Å². The topological polar surface area (TPSA) is 101 Å². The minimum Gasteiger partial charge on any atom is -0.369 e. The van der Waals surface area contributed by atoms with E-state index in [2.05, 4.69) is 37.6 Å². The van der Waals surface area contributed by atoms with Gasteiger partial charge in [-0.15, -0.1) is 0 Å². The molecule has 0 radical (unpaired) electrons. The van der Waals surface area contributed by atoms with Crippen molar-refractivity contribution in [3.8, 4) is 17.1 Å². The van der Waals surface area contributed by atoms with Crippen LogP contribution >= 0.6 is 0 Å². The van der Waals surface area contributed by atoms with Gasteiger partial charge >= 0.3 is 0 Å². The molecule has 0 aliphatic carbocycles. The lowest BCUT2D eigenvalue weighted by molar-refractivity contribution is 0.589. The van der Waals surface area contributed by atoms with Crippen molar-refractivity contribution in [1.82, 2.24) is 30.0 Å². The van der Waals surface area contributed by atoms with Crippen molar-refractivity contribution in [2.75, 3.05) is 36.4 Å². The number of nitrogens with zero attached hydrogens (tertiary/aromatic N) is 6. The second-order valence-electron chi connectivity index (χ2n) is 9.64. The van der Waals surface area contributed by atoms with Crippen molar-refractivity contribution in [3.05, 3.63) is 108 Å². The molecule has 7 rings (SSSR count). The Morgan fingerprint density at radius 2 is 1.60 bits per heavy atom. The summed E-state index contributed by atoms with van der Waals surface area (Å²) in [6, 6.07) is 27.6. The van der Waals surface area contributed by atoms with Crippen LogP contribution in [0.2, 0.25) is 0 Å². The molecule has 0 spiro atoms. The molecule has 1 saturated heterocycles. The Kier molecular flexibility index (Phi) is 6.10. The van der Waals surface area contributed by atoms with Crippen LogP contribution < -0.4 is 21.1 Å². The molecule has 1 aliphatic rings. The van der Waals surface area contributed by atoms with Crippen molar-refractivity contribution in [3.63, 3.8) is 0 Å². The van der Waals surface area contributed by atoms with E-state index in [1.165, 1.54) is 10.4 Å². The normalized spacial score (nSPS) is 13.6. The number of aromatic nitrogens is 5. The van der Waals surface area contributed by atoms with Gasteiger partial charge in [-0.05, 0) is 47.9 Å². The monoisotopic (exact) mass is 526 g/mol. The molecule has 0 amide bonds. The summed E-state index contributed by atoms with van der Waals surface area (Å²) in [5.41, 5.74) is 3.99. The van der Waals surface area contributed by atoms with Gasteiger partial charge < -0.3 is 15.5 Å². The first kappa shape index (κ1) is 23.9. The molecule has 9 nitrogen and oxygen atoms in total. The highest BCUT2D eigenvalue weighted by Crippen LogP contribution is 2.27. The fourth-order valence-electron chi connectivity index (χ4n) is 5.13. The van der Waals surface area contributed by atoms with Crippen molar-refractivity contribution < 1.29 is 0 Å². The summed E-state index contributed by atoms with van der Waals surface area (Å²) in [4.78, 5) is 29.9. The standard InChI is InChI=1S/C31H26N8O/c40-30-25-20-34-31(35-22-11-13-23(14-12-22)38-18-16-32-17-19-38)36-28(25)29(26-9-3-4-15-33-26)37-39(30)27-10-5-7-21-6-1-2-8-24(21)27/h1-15,20,32H,16-19H2,(H,34,35,36). The minimum absolute atomic E-state index is 0.294. The predicted molar refractivity (Wildman–Crippen MR) is 158 cm³/mol. The van der Waals surface area contributed by atoms with Crippen LogP contribution in [-0.4, -0.2) is 50.9 Å². The first-order valence-electron chi connectivity index (χ1n) is 13.3. The number of nitrogens with one attached hydrogen (secondary N) is 2. The summed E-state index contributed by atoms with van der Waals surface area (Å²) in [5, 5.41) is 13.8. The molecule has 9 heteroatoms. The summed E-state index contributed by atoms with van der Waals surface area (Å²) in [5.74, 6) is 0.378. The molecule has 6 aromatic rings. The van der Waals surface area contributed by atoms with E-state index >= 15 is 0 Å². The van der Waals surface area contributed by atoms with Crippen LogP contribution in [0.3, 0.4) is 0 Å². The molecule has 3 aromatic carbocycles. The average molecular weight is 527 g/mol. The first-order valence-corrected chi connectivity index (χ1v) is 13.3. The molecule has 196 valence electrons. The molecule has 2 N–H and O–H groups in total. The van der Waals surface area contributed by atoms with Gasteiger partial charge in [-0.1, -0.05) is 42.5 Å². The third-order valence-corrected chi connectivity index (χ3v) is 7.14. The largest absolute Gasteiger partial charge is 0.369 e. The quantitative estimate of drug-likeness (QED) is 0.338. The second kappa shape index (κ2) is 10.2. The van der Waals surface area contributed by atoms with E-state index in [1.54, 1.807) is 12.4 Å². The Morgan fingerprint density at radius 1 is 0.800 bits per heavy atom. The van der Waals surface area contributed by atoms with Crippen LogP contribution in [0.5, 0.6) is 0 Å². The van der Waals surface area contributed by atoms with Crippen LogP contribution in [0.1, 0.15) is 0 Å². The van der Waals surface area contributed by atoms with Crippen molar-refractivity contribution in [2.45, 2.75) is 0 Å². The fraction of sp³-hybridized carbons (Fsp3) is 0.129. The molecule has 0 bridgehead atoms. The highest BCUT2D eigenvalue weighted by atomic mass is 16.1. The zero-order valence-electron chi connectivity index (χ0n) is 21.7. The number of piperazine rings is 1. The Balaban J connectivity index is 1.32. The number of anilines is 3. The lowest BCUT2D eigenvalue weighted by Crippen LogP contribution is -2.43. The number of hydrogen-bond acceptors (Lipinski definition) is 8. The van der Waals surface area contributed by atoms with E-state index < -0.39 is 0 Å². The fourth-order valence-corrected chi connectivity index (χ4v) is 5.13. The number of benzene rings is 3. The van der Waals surface area contributed by atoms with Gasteiger partial charge in [-0.2, -0.15) is 9.78 Å². The molecule has 0 saturated carbocycles. The summed E-state index contributed by atoms with van der Waals surface area (Å²) in [6.45, 7) is 3.94. The highest BCUT2D eigenvalue weighted by molar-refractivity contribution is 5.93. The Hall–Kier alpha value is -5.15. The number of pyridine rings is 1. The molecule has 0 unspecified atom stereocenters. The third kappa shape index (κ3) is 4.42. The van der Waals surface area contributed by atoms with Crippen LogP contribution in [0.25, 0.3) is 38.8 Å². The Bertz CT molecular complexity index is 1880. The van der Waals surface area contributed by atoms with E-state index in [1.807, 2.05) is 72.8 Å². The van der Waals surface area contributed by atoms with Crippen molar-refractivity contribution >= 4 is 39.0 Å². The van der Waals surface area contributed by atoms with Gasteiger partial charge in [-0.3, -0.25) is 9.78 Å². The van der Waals surface area contributed by atoms with Crippen LogP contribution in [-0.2, 0) is 0 Å². The summed E-state index contributed by atoms with van der Waals surface area (Å²) in [6.07, 6.45) is 3.27. The van der Waals surface area contributed by atoms with E-state index in [9.17, 15) is 4.79 Å². The number of fused-ring (bicyclic) bond motifs is 2. The molecule has 4 heterocycles. The molecule has 0 atom stereocenters. The van der Waals surface area contributed by atoms with E-state index in [0.29, 0.717) is 33.9 Å². The van der Waals surface area contributed by atoms with Gasteiger partial charge in [0.15, 0.2) is 0 Å². The summed E-state index contributed by atoms with van der Waals surface area (Å²) >= 11 is 0. The van der Waals surface area contributed by atoms with Gasteiger partial charge in [0.1, 0.15) is 11.2 Å². The maximum absolute atomic E-state index is 13.8. The average Bonchev–Trinajstić information content (AvgIpc) is 3.02. The summed E-state index contributed by atoms with van der Waals surface area (Å²) in [7, 11) is 0. The predicted octanol–water partition coefficient (Wildman–Crippen LogP) is 4.54. The van der Waals surface area contributed by atoms with E-state index in [-0.39, 0.29) is 5.56 Å². The van der Waals surface area contributed by atoms with Crippen LogP contribution in [0.15, 0.2) is 102 Å². The van der Waals surface area contributed by atoms with Crippen LogP contribution in [0, 0.1) is 0 Å². The Labute approximate surface area is 230 Å². The maximum atomic E-state index is 13.8. The number of hydrogen-bond donors (Lipinski definition) is 2. The highest BCUT2D eigenvalue weighted by Gasteiger charge is 2.18. The Morgan fingerprint density at radius 3 is 2.42 bits per heavy atom. The molecule has 1 fully saturated rings. The SMILES string of the molecule is O=c1c2cnc(Nc3ccc(N4CCNCC4)cc3)nc2c(-c2ccccn2)nn1-c1cccc2ccccc12. The minimum atomic E-state index is -0.294. The maximum Gasteiger partial charge on any atom is 0.282 e. The third-order valence-electron chi connectivity index (χ3n) is 7.14. The van der Waals surface area contributed by atoms with Gasteiger partial charge in [0.05, 0.1) is 16.8 Å². The molecular formula is C31H26N8O. The second-order valence-corrected chi connectivity index (χ2v) is 9.64. The van der Waals surface area contributed by atoms with Gasteiger partial charge in [-0.25, -0.2) is 9.97 Å². The zero-order chi connectivity index (χ0) is 26.9. The first-order chi connectivity index (χ1) is 19.7. The van der Waals surface area contributed by atoms with Crippen molar-refractivity contribution in [1.29, 1.82) is 0 Å². The molecule has 40 heavy (non-hydrogen) atoms. The smallest absolute Gasteiger partial charge is 0.282 e. The van der Waals surface area contributed by atoms with E-state index in [4.69, 9.17) is 10.1 Å². The molecular weight excluding hydrogens is 500 g/mol. The number of rotatable bonds is 5. The summed E-state index contributed by atoms with van der Waals surface area (Å²) < 4.78 is 1.43. The lowest BCUT2D eigenvalue weighted by atomic mass is 10.1. The molecule has 1 aliphatic heterocycles. The van der Waals surface area contributed by atoms with Crippen LogP contribution in [0.4, 0.5) is 17.3 Å². The van der Waals surface area contributed by atoms with Gasteiger partial charge in [0.2, 0.25) is 5.95 Å². The molecule has 3 aromatic heterocycles. The van der Waals surface area contributed by atoms with Gasteiger partial charge in [0, 0.05) is 55.3 Å². The van der Waals surface area contributed by atoms with Gasteiger partial charge in [0.25, 0.3) is 5.56 Å². The zero-order valence-corrected chi connectivity index (χ0v) is 21.7.